The number of methoxy groups -OCH3 is 1. The monoisotopic (exact) mass is 272 g/mol. The van der Waals surface area contributed by atoms with Gasteiger partial charge in [0.1, 0.15) is 5.75 Å². The molecular formula is C19H28O. The highest BCUT2D eigenvalue weighted by Gasteiger charge is 2.07. The van der Waals surface area contributed by atoms with Crippen molar-refractivity contribution >= 4 is 0 Å². The minimum absolute atomic E-state index is 0.819. The fraction of sp³-hybridized carbons (Fsp3) is 0.579. The Bertz CT molecular complexity index is 416. The van der Waals surface area contributed by atoms with E-state index in [4.69, 9.17) is 4.74 Å². The second-order valence-electron chi connectivity index (χ2n) is 6.14. The van der Waals surface area contributed by atoms with E-state index in [0.717, 1.165) is 11.7 Å². The fourth-order valence-electron chi connectivity index (χ4n) is 2.91. The summed E-state index contributed by atoms with van der Waals surface area (Å²) in [6, 6.07) is 8.50. The Kier molecular flexibility index (Phi) is 6.17. The van der Waals surface area contributed by atoms with Crippen LogP contribution in [0.3, 0.4) is 0 Å². The number of aryl methyl sites for hydroxylation is 1. The molecule has 1 atom stereocenters. The van der Waals surface area contributed by atoms with Crippen molar-refractivity contribution in [2.45, 2.75) is 58.3 Å². The van der Waals surface area contributed by atoms with E-state index >= 15 is 0 Å². The summed E-state index contributed by atoms with van der Waals surface area (Å²) in [4.78, 5) is 0. The lowest BCUT2D eigenvalue weighted by molar-refractivity contribution is 0.414. The van der Waals surface area contributed by atoms with Gasteiger partial charge in [-0.3, -0.25) is 0 Å². The van der Waals surface area contributed by atoms with Gasteiger partial charge in [-0.2, -0.15) is 0 Å². The molecule has 1 aromatic carbocycles. The molecule has 1 unspecified atom stereocenters. The van der Waals surface area contributed by atoms with Crippen LogP contribution in [0.4, 0.5) is 0 Å². The van der Waals surface area contributed by atoms with Crippen molar-refractivity contribution < 1.29 is 4.74 Å². The van der Waals surface area contributed by atoms with E-state index in [1.54, 1.807) is 12.7 Å². The molecule has 1 aliphatic rings. The Morgan fingerprint density at radius 3 is 2.45 bits per heavy atom. The average molecular weight is 272 g/mol. The normalized spacial score (nSPS) is 16.6. The van der Waals surface area contributed by atoms with Gasteiger partial charge >= 0.3 is 0 Å². The van der Waals surface area contributed by atoms with Gasteiger partial charge < -0.3 is 4.74 Å². The number of hydrogen-bond donors (Lipinski definition) is 0. The fourth-order valence-corrected chi connectivity index (χ4v) is 2.91. The van der Waals surface area contributed by atoms with Gasteiger partial charge in [-0.1, -0.05) is 30.7 Å². The van der Waals surface area contributed by atoms with Crippen molar-refractivity contribution in [2.75, 3.05) is 7.11 Å². The van der Waals surface area contributed by atoms with Crippen LogP contribution in [0.15, 0.2) is 35.9 Å². The highest BCUT2D eigenvalue weighted by Crippen LogP contribution is 2.24. The standard InChI is InChI=1S/C19H28O/c1-16(8-10-17-6-4-3-5-7-17)9-11-18-12-14-19(20-2)15-13-18/h6,12-16H,3-5,7-11H2,1-2H3. The molecule has 0 radical (unpaired) electrons. The van der Waals surface area contributed by atoms with Crippen molar-refractivity contribution in [2.24, 2.45) is 5.92 Å². The van der Waals surface area contributed by atoms with E-state index in [0.29, 0.717) is 0 Å². The van der Waals surface area contributed by atoms with E-state index in [9.17, 15) is 0 Å². The minimum atomic E-state index is 0.819. The molecule has 0 amide bonds. The topological polar surface area (TPSA) is 9.23 Å². The SMILES string of the molecule is COc1ccc(CCC(C)CCC2=CCCCC2)cc1. The summed E-state index contributed by atoms with van der Waals surface area (Å²) < 4.78 is 5.19. The first-order valence-electron chi connectivity index (χ1n) is 8.09. The van der Waals surface area contributed by atoms with E-state index in [-0.39, 0.29) is 0 Å². The number of allylic oxidation sites excluding steroid dienone is 2. The average Bonchev–Trinajstić information content (AvgIpc) is 2.52. The molecule has 0 aliphatic heterocycles. The van der Waals surface area contributed by atoms with Crippen LogP contribution < -0.4 is 4.74 Å². The highest BCUT2D eigenvalue weighted by molar-refractivity contribution is 5.27. The number of rotatable bonds is 7. The second kappa shape index (κ2) is 8.14. The van der Waals surface area contributed by atoms with Crippen molar-refractivity contribution in [1.29, 1.82) is 0 Å². The maximum absolute atomic E-state index is 5.19. The molecule has 0 N–H and O–H groups in total. The van der Waals surface area contributed by atoms with Gasteiger partial charge in [0.05, 0.1) is 7.11 Å². The quantitative estimate of drug-likeness (QED) is 0.592. The first kappa shape index (κ1) is 15.2. The van der Waals surface area contributed by atoms with Crippen LogP contribution in [-0.2, 0) is 6.42 Å². The first-order valence-corrected chi connectivity index (χ1v) is 8.09. The molecule has 1 nitrogen and oxygen atoms in total. The van der Waals surface area contributed by atoms with Crippen molar-refractivity contribution in [3.8, 4) is 5.75 Å². The van der Waals surface area contributed by atoms with Crippen LogP contribution in [0.1, 0.15) is 57.4 Å². The lowest BCUT2D eigenvalue weighted by Gasteiger charge is -2.16. The van der Waals surface area contributed by atoms with Crippen LogP contribution in [0.5, 0.6) is 5.75 Å². The number of benzene rings is 1. The molecule has 0 aromatic heterocycles. The highest BCUT2D eigenvalue weighted by atomic mass is 16.5. The van der Waals surface area contributed by atoms with Crippen molar-refractivity contribution in [3.63, 3.8) is 0 Å². The van der Waals surface area contributed by atoms with Gasteiger partial charge in [0.2, 0.25) is 0 Å². The first-order chi connectivity index (χ1) is 9.78. The molecule has 0 bridgehead atoms. The maximum atomic E-state index is 5.19. The van der Waals surface area contributed by atoms with Crippen molar-refractivity contribution in [1.82, 2.24) is 0 Å². The molecular weight excluding hydrogens is 244 g/mol. The number of ether oxygens (including phenoxy) is 1. The van der Waals surface area contributed by atoms with Gasteiger partial charge in [-0.05, 0) is 75.0 Å². The Morgan fingerprint density at radius 1 is 1.05 bits per heavy atom. The Hall–Kier alpha value is -1.24. The molecule has 1 aromatic rings. The Labute approximate surface area is 124 Å². The van der Waals surface area contributed by atoms with Crippen LogP contribution in [0.25, 0.3) is 0 Å². The van der Waals surface area contributed by atoms with Crippen molar-refractivity contribution in [3.05, 3.63) is 41.5 Å². The minimum Gasteiger partial charge on any atom is -0.497 e. The van der Waals surface area contributed by atoms with E-state index in [1.165, 1.54) is 56.9 Å². The lowest BCUT2D eigenvalue weighted by Crippen LogP contribution is -2.00. The summed E-state index contributed by atoms with van der Waals surface area (Å²) in [5.74, 6) is 1.77. The van der Waals surface area contributed by atoms with Crippen LogP contribution in [0.2, 0.25) is 0 Å². The zero-order valence-corrected chi connectivity index (χ0v) is 13.0. The van der Waals surface area contributed by atoms with Gasteiger partial charge in [0, 0.05) is 0 Å². The van der Waals surface area contributed by atoms with Gasteiger partial charge in [-0.25, -0.2) is 0 Å². The summed E-state index contributed by atoms with van der Waals surface area (Å²) in [7, 11) is 1.72. The maximum Gasteiger partial charge on any atom is 0.118 e. The molecule has 0 spiro atoms. The van der Waals surface area contributed by atoms with E-state index < -0.39 is 0 Å². The van der Waals surface area contributed by atoms with Crippen LogP contribution in [0, 0.1) is 5.92 Å². The van der Waals surface area contributed by atoms with Gasteiger partial charge in [0.15, 0.2) is 0 Å². The molecule has 0 fully saturated rings. The molecule has 0 saturated carbocycles. The Balaban J connectivity index is 1.68. The second-order valence-corrected chi connectivity index (χ2v) is 6.14. The van der Waals surface area contributed by atoms with Crippen LogP contribution in [-0.4, -0.2) is 7.11 Å². The summed E-state index contributed by atoms with van der Waals surface area (Å²) in [6.45, 7) is 2.40. The number of hydrogen-bond acceptors (Lipinski definition) is 1. The van der Waals surface area contributed by atoms with Gasteiger partial charge in [-0.15, -0.1) is 0 Å². The summed E-state index contributed by atoms with van der Waals surface area (Å²) in [6.07, 6.45) is 13.1. The molecule has 1 aliphatic carbocycles. The van der Waals surface area contributed by atoms with E-state index in [2.05, 4.69) is 37.3 Å². The predicted octanol–water partition coefficient (Wildman–Crippen LogP) is 5.54. The third-order valence-corrected chi connectivity index (χ3v) is 4.43. The zero-order valence-electron chi connectivity index (χ0n) is 13.0. The largest absolute Gasteiger partial charge is 0.497 e. The lowest BCUT2D eigenvalue weighted by atomic mass is 9.90. The summed E-state index contributed by atoms with van der Waals surface area (Å²) >= 11 is 0. The third kappa shape index (κ3) is 5.03. The molecule has 2 rings (SSSR count). The summed E-state index contributed by atoms with van der Waals surface area (Å²) in [5.41, 5.74) is 3.14. The smallest absolute Gasteiger partial charge is 0.118 e. The molecule has 1 heteroatoms. The third-order valence-electron chi connectivity index (χ3n) is 4.43. The zero-order chi connectivity index (χ0) is 14.2. The molecule has 0 saturated heterocycles. The molecule has 0 heterocycles. The molecule has 20 heavy (non-hydrogen) atoms. The summed E-state index contributed by atoms with van der Waals surface area (Å²) in [5, 5.41) is 0. The predicted molar refractivity (Wildman–Crippen MR) is 86.3 cm³/mol. The van der Waals surface area contributed by atoms with Crippen LogP contribution >= 0.6 is 0 Å². The Morgan fingerprint density at radius 2 is 1.80 bits per heavy atom. The molecule has 110 valence electrons. The van der Waals surface area contributed by atoms with E-state index in [1.807, 2.05) is 0 Å². The van der Waals surface area contributed by atoms with Gasteiger partial charge in [0.25, 0.3) is 0 Å².